The van der Waals surface area contributed by atoms with Gasteiger partial charge in [0.2, 0.25) is 10.0 Å². The molecule has 0 aliphatic heterocycles. The molecular weight excluding hydrogens is 390 g/mol. The molecule has 1 atom stereocenters. The summed E-state index contributed by atoms with van der Waals surface area (Å²) in [6.07, 6.45) is 2.20. The first kappa shape index (κ1) is 21.1. The van der Waals surface area contributed by atoms with Crippen LogP contribution in [0.25, 0.3) is 10.9 Å². The Morgan fingerprint density at radius 3 is 2.55 bits per heavy atom. The number of furan rings is 1. The summed E-state index contributed by atoms with van der Waals surface area (Å²) >= 11 is 0. The van der Waals surface area contributed by atoms with Gasteiger partial charge in [-0.3, -0.25) is 4.79 Å². The number of carbonyl (C=O) groups excluding carboxylic acids is 1. The number of amides is 1. The van der Waals surface area contributed by atoms with E-state index >= 15 is 0 Å². The molecule has 2 heterocycles. The highest BCUT2D eigenvalue weighted by molar-refractivity contribution is 7.89. The van der Waals surface area contributed by atoms with E-state index in [0.29, 0.717) is 30.6 Å². The summed E-state index contributed by atoms with van der Waals surface area (Å²) < 4.78 is 34.1. The van der Waals surface area contributed by atoms with E-state index in [1.807, 2.05) is 32.9 Å². The van der Waals surface area contributed by atoms with E-state index in [2.05, 4.69) is 5.32 Å². The van der Waals surface area contributed by atoms with Crippen LogP contribution in [0.4, 0.5) is 0 Å². The Hall–Kier alpha value is -2.58. The summed E-state index contributed by atoms with van der Waals surface area (Å²) in [5.41, 5.74) is 1.27. The molecule has 0 saturated heterocycles. The Balaban J connectivity index is 1.86. The Morgan fingerprint density at radius 2 is 1.93 bits per heavy atom. The molecule has 2 aromatic heterocycles. The molecule has 0 aliphatic rings. The van der Waals surface area contributed by atoms with Crippen LogP contribution in [0.1, 0.15) is 37.0 Å². The number of nitrogens with zero attached hydrogens (tertiary/aromatic N) is 2. The third kappa shape index (κ3) is 4.23. The second kappa shape index (κ2) is 8.42. The van der Waals surface area contributed by atoms with Crippen molar-refractivity contribution < 1.29 is 17.6 Å². The van der Waals surface area contributed by atoms with Gasteiger partial charge in [0.15, 0.2) is 0 Å². The molecule has 0 fully saturated rings. The highest BCUT2D eigenvalue weighted by atomic mass is 32.2. The zero-order valence-corrected chi connectivity index (χ0v) is 18.0. The Bertz CT molecular complexity index is 1100. The van der Waals surface area contributed by atoms with Crippen LogP contribution in [0.2, 0.25) is 0 Å². The van der Waals surface area contributed by atoms with Crippen molar-refractivity contribution in [1.82, 2.24) is 14.2 Å². The number of benzene rings is 1. The van der Waals surface area contributed by atoms with Crippen molar-refractivity contribution in [2.24, 2.45) is 7.05 Å². The van der Waals surface area contributed by atoms with Crippen molar-refractivity contribution in [1.29, 1.82) is 0 Å². The smallest absolute Gasteiger partial charge is 0.268 e. The first-order valence-corrected chi connectivity index (χ1v) is 11.1. The monoisotopic (exact) mass is 417 g/mol. The fraction of sp³-hybridized carbons (Fsp3) is 0.381. The molecule has 0 saturated carbocycles. The summed E-state index contributed by atoms with van der Waals surface area (Å²) in [7, 11) is -1.75. The topological polar surface area (TPSA) is 84.6 Å². The summed E-state index contributed by atoms with van der Waals surface area (Å²) in [6.45, 7) is 6.36. The Kier molecular flexibility index (Phi) is 6.14. The Labute approximate surface area is 171 Å². The van der Waals surface area contributed by atoms with Gasteiger partial charge in [0, 0.05) is 43.5 Å². The van der Waals surface area contributed by atoms with Crippen LogP contribution in [-0.4, -0.2) is 42.3 Å². The number of carbonyl (C=O) groups is 1. The van der Waals surface area contributed by atoms with Crippen molar-refractivity contribution >= 4 is 26.8 Å². The number of aromatic nitrogens is 1. The van der Waals surface area contributed by atoms with Gasteiger partial charge in [0.05, 0.1) is 11.2 Å². The molecule has 0 unspecified atom stereocenters. The Morgan fingerprint density at radius 1 is 1.21 bits per heavy atom. The van der Waals surface area contributed by atoms with Crippen LogP contribution in [0.15, 0.2) is 52.0 Å². The minimum Gasteiger partial charge on any atom is -0.469 e. The van der Waals surface area contributed by atoms with Crippen LogP contribution >= 0.6 is 0 Å². The molecule has 7 nitrogen and oxygen atoms in total. The normalized spacial score (nSPS) is 13.1. The van der Waals surface area contributed by atoms with Crippen LogP contribution < -0.4 is 5.32 Å². The van der Waals surface area contributed by atoms with E-state index < -0.39 is 10.0 Å². The minimum atomic E-state index is -3.55. The third-order valence-electron chi connectivity index (χ3n) is 5.05. The van der Waals surface area contributed by atoms with E-state index in [1.54, 1.807) is 42.1 Å². The maximum Gasteiger partial charge on any atom is 0.268 e. The molecule has 3 aromatic rings. The zero-order valence-electron chi connectivity index (χ0n) is 17.2. The second-order valence-corrected chi connectivity index (χ2v) is 8.99. The van der Waals surface area contributed by atoms with Gasteiger partial charge in [-0.1, -0.05) is 13.8 Å². The van der Waals surface area contributed by atoms with Crippen molar-refractivity contribution in [3.8, 4) is 0 Å². The lowest BCUT2D eigenvalue weighted by Gasteiger charge is -2.18. The molecule has 0 aliphatic carbocycles. The van der Waals surface area contributed by atoms with Crippen molar-refractivity contribution in [2.45, 2.75) is 38.1 Å². The molecule has 1 aromatic carbocycles. The molecule has 8 heteroatoms. The van der Waals surface area contributed by atoms with Gasteiger partial charge in [-0.05, 0) is 43.3 Å². The number of hydrogen-bond donors (Lipinski definition) is 1. The van der Waals surface area contributed by atoms with Gasteiger partial charge in [0.25, 0.3) is 5.91 Å². The average molecular weight is 418 g/mol. The molecule has 1 N–H and O–H groups in total. The van der Waals surface area contributed by atoms with E-state index in [1.165, 1.54) is 4.31 Å². The number of aryl methyl sites for hydroxylation is 1. The predicted octanol–water partition coefficient (Wildman–Crippen LogP) is 3.16. The molecule has 29 heavy (non-hydrogen) atoms. The summed E-state index contributed by atoms with van der Waals surface area (Å²) in [6, 6.07) is 10.3. The van der Waals surface area contributed by atoms with E-state index in [-0.39, 0.29) is 16.8 Å². The molecular formula is C21H27N3O4S. The summed E-state index contributed by atoms with van der Waals surface area (Å²) in [5.74, 6) is 0.594. The first-order valence-electron chi connectivity index (χ1n) is 9.70. The average Bonchev–Trinajstić information content (AvgIpc) is 3.30. The summed E-state index contributed by atoms with van der Waals surface area (Å²) in [5, 5.41) is 3.68. The highest BCUT2D eigenvalue weighted by Crippen LogP contribution is 2.24. The maximum absolute atomic E-state index is 12.8. The number of sulfonamides is 1. The number of rotatable bonds is 8. The molecule has 0 bridgehead atoms. The minimum absolute atomic E-state index is 0.106. The quantitative estimate of drug-likeness (QED) is 0.610. The van der Waals surface area contributed by atoms with Crippen LogP contribution in [0, 0.1) is 0 Å². The van der Waals surface area contributed by atoms with Crippen LogP contribution in [0.3, 0.4) is 0 Å². The van der Waals surface area contributed by atoms with E-state index in [9.17, 15) is 13.2 Å². The summed E-state index contributed by atoms with van der Waals surface area (Å²) in [4.78, 5) is 13.0. The lowest BCUT2D eigenvalue weighted by molar-refractivity contribution is 0.0931. The molecule has 3 rings (SSSR count). The maximum atomic E-state index is 12.8. The van der Waals surface area contributed by atoms with Gasteiger partial charge < -0.3 is 14.3 Å². The number of hydrogen-bond acceptors (Lipinski definition) is 4. The first-order chi connectivity index (χ1) is 13.8. The zero-order chi connectivity index (χ0) is 21.2. The van der Waals surface area contributed by atoms with Gasteiger partial charge in [-0.25, -0.2) is 8.42 Å². The molecule has 1 amide bonds. The fourth-order valence-electron chi connectivity index (χ4n) is 3.50. The van der Waals surface area contributed by atoms with Crippen LogP contribution in [-0.2, 0) is 23.5 Å². The lowest BCUT2D eigenvalue weighted by Crippen LogP contribution is -2.35. The largest absolute Gasteiger partial charge is 0.469 e. The molecule has 156 valence electrons. The van der Waals surface area contributed by atoms with E-state index in [4.69, 9.17) is 4.42 Å². The van der Waals surface area contributed by atoms with Crippen molar-refractivity contribution in [3.63, 3.8) is 0 Å². The number of nitrogens with one attached hydrogen (secondary N) is 1. The van der Waals surface area contributed by atoms with Gasteiger partial charge in [-0.2, -0.15) is 4.31 Å². The van der Waals surface area contributed by atoms with Crippen LogP contribution in [0.5, 0.6) is 0 Å². The van der Waals surface area contributed by atoms with Gasteiger partial charge in [-0.15, -0.1) is 0 Å². The lowest BCUT2D eigenvalue weighted by atomic mass is 10.2. The standard InChI is InChI=1S/C21H27N3O4S/c1-5-24(6-2)29(26,27)18-9-10-19-16(13-18)14-20(23(19)4)21(25)22-15(3)12-17-8-7-11-28-17/h7-11,13-15H,5-6,12H2,1-4H3,(H,22,25)/t15-/m1/s1. The molecule has 0 spiro atoms. The second-order valence-electron chi connectivity index (χ2n) is 7.06. The highest BCUT2D eigenvalue weighted by Gasteiger charge is 2.23. The predicted molar refractivity (Wildman–Crippen MR) is 112 cm³/mol. The SMILES string of the molecule is CCN(CC)S(=O)(=O)c1ccc2c(c1)cc(C(=O)N[C@H](C)Cc1ccco1)n2C. The van der Waals surface area contributed by atoms with Crippen molar-refractivity contribution in [2.75, 3.05) is 13.1 Å². The van der Waals surface area contributed by atoms with Gasteiger partial charge in [0.1, 0.15) is 11.5 Å². The molecule has 0 radical (unpaired) electrons. The third-order valence-corrected chi connectivity index (χ3v) is 7.10. The number of fused-ring (bicyclic) bond motifs is 1. The fourth-order valence-corrected chi connectivity index (χ4v) is 4.99. The van der Waals surface area contributed by atoms with E-state index in [0.717, 1.165) is 11.3 Å². The van der Waals surface area contributed by atoms with Crippen molar-refractivity contribution in [3.05, 3.63) is 54.1 Å². The van der Waals surface area contributed by atoms with Gasteiger partial charge >= 0.3 is 0 Å².